The molecule has 1 aliphatic carbocycles. The molecule has 1 unspecified atom stereocenters. The molecule has 0 N–H and O–H groups in total. The Morgan fingerprint density at radius 1 is 1.29 bits per heavy atom. The molecule has 1 aromatic carbocycles. The van der Waals surface area contributed by atoms with Crippen molar-refractivity contribution in [3.63, 3.8) is 0 Å². The second-order valence-electron chi connectivity index (χ2n) is 7.64. The van der Waals surface area contributed by atoms with Crippen LogP contribution in [0.5, 0.6) is 11.5 Å². The molecular formula is C24H25Cl2F3N2O4. The Morgan fingerprint density at radius 3 is 2.86 bits per heavy atom. The Labute approximate surface area is 211 Å². The van der Waals surface area contributed by atoms with Gasteiger partial charge in [-0.25, -0.2) is 0 Å². The van der Waals surface area contributed by atoms with Crippen molar-refractivity contribution in [3.05, 3.63) is 58.5 Å². The standard InChI is InChI=1S/C24H25Cl2F3N2O4/c1-32-20-11-10-18(34-14-12-21(25)26)15-19(20)23-30-22(35-31-23)7-4-13-33-17-6-3-2-5-16(8-9-17)24(27,28)29/h5,8-12,15,17H,2-4,6-7,13-14H2,1H3. The number of ether oxygens (including phenoxy) is 3. The number of rotatable bonds is 10. The Hall–Kier alpha value is -2.49. The third-order valence-electron chi connectivity index (χ3n) is 5.11. The summed E-state index contributed by atoms with van der Waals surface area (Å²) in [5.41, 5.74) is -0.0428. The van der Waals surface area contributed by atoms with Gasteiger partial charge in [-0.15, -0.1) is 0 Å². The van der Waals surface area contributed by atoms with Gasteiger partial charge >= 0.3 is 6.18 Å². The van der Waals surface area contributed by atoms with E-state index in [-0.39, 0.29) is 17.2 Å². The molecule has 1 atom stereocenters. The maximum absolute atomic E-state index is 12.9. The van der Waals surface area contributed by atoms with Crippen LogP contribution < -0.4 is 9.47 Å². The van der Waals surface area contributed by atoms with Crippen molar-refractivity contribution in [1.29, 1.82) is 0 Å². The van der Waals surface area contributed by atoms with E-state index in [1.54, 1.807) is 18.2 Å². The highest BCUT2D eigenvalue weighted by molar-refractivity contribution is 6.55. The first kappa shape index (κ1) is 27.1. The lowest BCUT2D eigenvalue weighted by atomic mass is 10.0. The van der Waals surface area contributed by atoms with Crippen LogP contribution in [-0.2, 0) is 11.2 Å². The van der Waals surface area contributed by atoms with Gasteiger partial charge in [-0.3, -0.25) is 0 Å². The van der Waals surface area contributed by atoms with Crippen LogP contribution in [0, 0.1) is 0 Å². The lowest BCUT2D eigenvalue weighted by molar-refractivity contribution is -0.0886. The van der Waals surface area contributed by atoms with E-state index >= 15 is 0 Å². The average Bonchev–Trinajstić information content (AvgIpc) is 3.25. The highest BCUT2D eigenvalue weighted by Crippen LogP contribution is 2.32. The summed E-state index contributed by atoms with van der Waals surface area (Å²) < 4.78 is 61.0. The Kier molecular flexibility index (Phi) is 10.1. The molecule has 11 heteroatoms. The van der Waals surface area contributed by atoms with Gasteiger partial charge in [-0.05, 0) is 50.0 Å². The van der Waals surface area contributed by atoms with E-state index in [2.05, 4.69) is 10.1 Å². The number of aromatic nitrogens is 2. The summed E-state index contributed by atoms with van der Waals surface area (Å²) in [4.78, 5) is 4.42. The van der Waals surface area contributed by atoms with Crippen molar-refractivity contribution >= 4 is 23.2 Å². The fourth-order valence-corrected chi connectivity index (χ4v) is 3.50. The van der Waals surface area contributed by atoms with E-state index in [1.165, 1.54) is 25.3 Å². The molecule has 3 rings (SSSR count). The third kappa shape index (κ3) is 8.59. The van der Waals surface area contributed by atoms with E-state index in [1.807, 2.05) is 0 Å². The summed E-state index contributed by atoms with van der Waals surface area (Å²) in [5.74, 6) is 1.83. The number of alkyl halides is 3. The molecule has 2 aromatic rings. The number of halogens is 5. The second-order valence-corrected chi connectivity index (χ2v) is 8.65. The number of benzene rings is 1. The molecule has 0 saturated carbocycles. The number of nitrogens with zero attached hydrogens (tertiary/aromatic N) is 2. The van der Waals surface area contributed by atoms with Crippen LogP contribution in [0.3, 0.4) is 0 Å². The molecule has 0 fully saturated rings. The predicted octanol–water partition coefficient (Wildman–Crippen LogP) is 6.99. The fourth-order valence-electron chi connectivity index (χ4n) is 3.38. The Bertz CT molecular complexity index is 1060. The topological polar surface area (TPSA) is 66.6 Å². The van der Waals surface area contributed by atoms with Crippen LogP contribution in [0.1, 0.15) is 31.6 Å². The van der Waals surface area contributed by atoms with Crippen molar-refractivity contribution in [2.45, 2.75) is 44.4 Å². The number of allylic oxidation sites excluding steroid dienone is 3. The van der Waals surface area contributed by atoms with Crippen molar-refractivity contribution in [2.75, 3.05) is 20.3 Å². The van der Waals surface area contributed by atoms with Gasteiger partial charge in [0, 0.05) is 13.0 Å². The molecule has 6 nitrogen and oxygen atoms in total. The number of hydrogen-bond acceptors (Lipinski definition) is 6. The van der Waals surface area contributed by atoms with Crippen molar-refractivity contribution in [3.8, 4) is 22.9 Å². The fraction of sp³-hybridized carbons (Fsp3) is 0.417. The van der Waals surface area contributed by atoms with Crippen LogP contribution in [0.15, 0.2) is 57.1 Å². The van der Waals surface area contributed by atoms with E-state index < -0.39 is 11.7 Å². The highest BCUT2D eigenvalue weighted by atomic mass is 35.5. The number of hydrogen-bond donors (Lipinski definition) is 0. The van der Waals surface area contributed by atoms with Crippen LogP contribution in [0.2, 0.25) is 0 Å². The third-order valence-corrected chi connectivity index (χ3v) is 5.42. The lowest BCUT2D eigenvalue weighted by Gasteiger charge is -2.17. The van der Waals surface area contributed by atoms with E-state index in [9.17, 15) is 13.2 Å². The van der Waals surface area contributed by atoms with Crippen LogP contribution in [-0.4, -0.2) is 42.7 Å². The number of methoxy groups -OCH3 is 1. The molecule has 0 saturated heterocycles. The van der Waals surface area contributed by atoms with Crippen molar-refractivity contribution < 1.29 is 31.9 Å². The van der Waals surface area contributed by atoms with Gasteiger partial charge in [0.2, 0.25) is 11.7 Å². The second kappa shape index (κ2) is 13.0. The lowest BCUT2D eigenvalue weighted by Crippen LogP contribution is -2.15. The Balaban J connectivity index is 1.54. The monoisotopic (exact) mass is 532 g/mol. The molecule has 0 radical (unpaired) electrons. The SMILES string of the molecule is COc1ccc(OCC=C(Cl)Cl)cc1-c1noc(CCCOC2C=CC(C(F)(F)F)=CCCC2)n1. The summed E-state index contributed by atoms with van der Waals surface area (Å²) in [6.45, 7) is 0.538. The zero-order valence-corrected chi connectivity index (χ0v) is 20.5. The minimum absolute atomic E-state index is 0.110. The van der Waals surface area contributed by atoms with Crippen molar-refractivity contribution in [1.82, 2.24) is 10.1 Å². The normalized spacial score (nSPS) is 16.3. The minimum atomic E-state index is -4.35. The summed E-state index contributed by atoms with van der Waals surface area (Å²) in [7, 11) is 1.53. The molecular weight excluding hydrogens is 508 g/mol. The molecule has 0 bridgehead atoms. The zero-order valence-electron chi connectivity index (χ0n) is 19.0. The minimum Gasteiger partial charge on any atom is -0.496 e. The summed E-state index contributed by atoms with van der Waals surface area (Å²) in [6.07, 6.45) is 3.28. The van der Waals surface area contributed by atoms with Gasteiger partial charge in [0.25, 0.3) is 0 Å². The molecule has 35 heavy (non-hydrogen) atoms. The first-order valence-electron chi connectivity index (χ1n) is 11.0. The first-order chi connectivity index (χ1) is 16.8. The summed E-state index contributed by atoms with van der Waals surface area (Å²) in [6, 6.07) is 5.17. The first-order valence-corrected chi connectivity index (χ1v) is 11.7. The molecule has 0 aliphatic heterocycles. The smallest absolute Gasteiger partial charge is 0.416 e. The van der Waals surface area contributed by atoms with Gasteiger partial charge in [0.05, 0.1) is 24.4 Å². The zero-order chi connectivity index (χ0) is 25.3. The average molecular weight is 533 g/mol. The maximum atomic E-state index is 12.9. The van der Waals surface area contributed by atoms with E-state index in [4.69, 9.17) is 41.9 Å². The van der Waals surface area contributed by atoms with Gasteiger partial charge in [-0.1, -0.05) is 46.6 Å². The van der Waals surface area contributed by atoms with E-state index in [0.29, 0.717) is 67.5 Å². The molecule has 0 spiro atoms. The summed E-state index contributed by atoms with van der Waals surface area (Å²) in [5, 5.41) is 4.03. The van der Waals surface area contributed by atoms with Gasteiger partial charge in [-0.2, -0.15) is 18.2 Å². The predicted molar refractivity (Wildman–Crippen MR) is 127 cm³/mol. The number of aryl methyl sites for hydroxylation is 1. The van der Waals surface area contributed by atoms with Gasteiger partial charge < -0.3 is 18.7 Å². The van der Waals surface area contributed by atoms with E-state index in [0.717, 1.165) is 6.08 Å². The Morgan fingerprint density at radius 2 is 2.11 bits per heavy atom. The van der Waals surface area contributed by atoms with Crippen LogP contribution in [0.25, 0.3) is 11.4 Å². The van der Waals surface area contributed by atoms with Gasteiger partial charge in [0.1, 0.15) is 22.6 Å². The maximum Gasteiger partial charge on any atom is 0.416 e. The van der Waals surface area contributed by atoms with Crippen molar-refractivity contribution in [2.24, 2.45) is 0 Å². The van der Waals surface area contributed by atoms with Gasteiger partial charge in [0.15, 0.2) is 0 Å². The van der Waals surface area contributed by atoms with Crippen LogP contribution in [0.4, 0.5) is 13.2 Å². The summed E-state index contributed by atoms with van der Waals surface area (Å²) >= 11 is 11.2. The molecule has 190 valence electrons. The highest BCUT2D eigenvalue weighted by Gasteiger charge is 2.31. The van der Waals surface area contributed by atoms with Crippen LogP contribution >= 0.6 is 23.2 Å². The largest absolute Gasteiger partial charge is 0.496 e. The molecule has 1 aliphatic rings. The molecule has 1 aromatic heterocycles. The quantitative estimate of drug-likeness (QED) is 0.307. The molecule has 0 amide bonds. The molecule has 1 heterocycles.